The fraction of sp³-hybridized carbons (Fsp3) is 0.323. The van der Waals surface area contributed by atoms with Gasteiger partial charge in [0.15, 0.2) is 0 Å². The minimum atomic E-state index is -0.179. The van der Waals surface area contributed by atoms with Gasteiger partial charge in [-0.1, -0.05) is 43.8 Å². The van der Waals surface area contributed by atoms with Gasteiger partial charge in [0, 0.05) is 37.2 Å². The maximum Gasteiger partial charge on any atom is 0.268 e. The zero-order chi connectivity index (χ0) is 25.7. The molecule has 0 aromatic heterocycles. The number of nitrogens with one attached hydrogen (secondary N) is 1. The summed E-state index contributed by atoms with van der Waals surface area (Å²) in [6.07, 6.45) is 8.75. The summed E-state index contributed by atoms with van der Waals surface area (Å²) in [7, 11) is 0. The van der Waals surface area contributed by atoms with Gasteiger partial charge >= 0.3 is 0 Å². The van der Waals surface area contributed by atoms with Gasteiger partial charge in [-0.3, -0.25) is 4.79 Å². The molecule has 0 radical (unpaired) electrons. The topological polar surface area (TPSA) is 35.6 Å². The van der Waals surface area contributed by atoms with Gasteiger partial charge in [0.25, 0.3) is 5.91 Å². The fourth-order valence-corrected chi connectivity index (χ4v) is 4.83. The van der Waals surface area contributed by atoms with Crippen LogP contribution in [-0.4, -0.2) is 23.9 Å². The number of carbonyl (C=O) groups is 1. The zero-order valence-electron chi connectivity index (χ0n) is 21.6. The molecule has 0 spiro atoms. The zero-order valence-corrected chi connectivity index (χ0v) is 21.6. The molecule has 4 nitrogen and oxygen atoms in total. The first-order valence-electron chi connectivity index (χ1n) is 12.8. The molecule has 36 heavy (non-hydrogen) atoms. The minimum Gasteiger partial charge on any atom is -0.371 e. The highest BCUT2D eigenvalue weighted by atomic mass is 19.1. The van der Waals surface area contributed by atoms with Gasteiger partial charge in [0.2, 0.25) is 0 Å². The number of nitrogens with zero attached hydrogens (tertiary/aromatic N) is 2. The molecule has 188 valence electrons. The van der Waals surface area contributed by atoms with Gasteiger partial charge in [-0.15, -0.1) is 0 Å². The predicted octanol–water partition coefficient (Wildman–Crippen LogP) is 6.80. The fourth-order valence-electron chi connectivity index (χ4n) is 4.83. The summed E-state index contributed by atoms with van der Waals surface area (Å²) in [5.41, 5.74) is 7.02. The van der Waals surface area contributed by atoms with Crippen molar-refractivity contribution in [3.05, 3.63) is 113 Å². The van der Waals surface area contributed by atoms with Crippen molar-refractivity contribution < 1.29 is 9.18 Å². The molecular weight excluding hydrogens is 449 g/mol. The van der Waals surface area contributed by atoms with Crippen LogP contribution in [0.4, 0.5) is 10.1 Å². The van der Waals surface area contributed by atoms with E-state index in [4.69, 9.17) is 0 Å². The monoisotopic (exact) mass is 485 g/mol. The highest BCUT2D eigenvalue weighted by Crippen LogP contribution is 2.31. The van der Waals surface area contributed by atoms with Gasteiger partial charge in [0.05, 0.1) is 0 Å². The maximum atomic E-state index is 13.2. The number of benzene rings is 2. The van der Waals surface area contributed by atoms with E-state index in [1.807, 2.05) is 49.2 Å². The lowest BCUT2D eigenvalue weighted by Crippen LogP contribution is -2.34. The summed E-state index contributed by atoms with van der Waals surface area (Å²) < 4.78 is 13.2. The Morgan fingerprint density at radius 1 is 1.08 bits per heavy atom. The smallest absolute Gasteiger partial charge is 0.268 e. The van der Waals surface area contributed by atoms with E-state index in [0.717, 1.165) is 54.8 Å². The average molecular weight is 486 g/mol. The van der Waals surface area contributed by atoms with E-state index in [2.05, 4.69) is 48.0 Å². The van der Waals surface area contributed by atoms with Crippen LogP contribution in [0.3, 0.4) is 0 Å². The predicted molar refractivity (Wildman–Crippen MR) is 146 cm³/mol. The van der Waals surface area contributed by atoms with Crippen LogP contribution in [0.1, 0.15) is 57.1 Å². The molecule has 0 saturated carbocycles. The van der Waals surface area contributed by atoms with E-state index in [0.29, 0.717) is 18.2 Å². The van der Waals surface area contributed by atoms with E-state index in [-0.39, 0.29) is 11.7 Å². The highest BCUT2D eigenvalue weighted by molar-refractivity contribution is 5.94. The third-order valence-corrected chi connectivity index (χ3v) is 7.31. The number of hydrogen-bond acceptors (Lipinski definition) is 3. The average Bonchev–Trinajstić information content (AvgIpc) is 2.91. The number of piperidine rings is 1. The van der Waals surface area contributed by atoms with Gasteiger partial charge in [0.1, 0.15) is 11.5 Å². The first kappa shape index (κ1) is 25.5. The van der Waals surface area contributed by atoms with E-state index < -0.39 is 0 Å². The second-order valence-corrected chi connectivity index (χ2v) is 9.65. The van der Waals surface area contributed by atoms with Crippen LogP contribution in [-0.2, 0) is 11.3 Å². The second-order valence-electron chi connectivity index (χ2n) is 9.65. The first-order valence-corrected chi connectivity index (χ1v) is 12.8. The number of carbonyl (C=O) groups excluding carboxylic acids is 1. The number of hydrogen-bond donors (Lipinski definition) is 1. The molecule has 0 bridgehead atoms. The Kier molecular flexibility index (Phi) is 8.09. The van der Waals surface area contributed by atoms with Crippen molar-refractivity contribution in [3.8, 4) is 0 Å². The van der Waals surface area contributed by atoms with Crippen LogP contribution in [0.15, 0.2) is 96.0 Å². The quantitative estimate of drug-likeness (QED) is 0.438. The molecule has 1 amide bonds. The number of amides is 1. The third kappa shape index (κ3) is 5.78. The summed E-state index contributed by atoms with van der Waals surface area (Å²) in [4.78, 5) is 17.5. The van der Waals surface area contributed by atoms with Crippen molar-refractivity contribution in [1.29, 1.82) is 0 Å². The lowest BCUT2D eigenvalue weighted by atomic mass is 9.89. The molecule has 1 fully saturated rings. The Morgan fingerprint density at radius 3 is 2.39 bits per heavy atom. The molecule has 2 aliphatic heterocycles. The Hall–Kier alpha value is -3.60. The van der Waals surface area contributed by atoms with Gasteiger partial charge in [-0.05, 0) is 91.6 Å². The van der Waals surface area contributed by atoms with Crippen molar-refractivity contribution >= 4 is 11.6 Å². The molecule has 2 aromatic rings. The third-order valence-electron chi connectivity index (χ3n) is 7.31. The van der Waals surface area contributed by atoms with Crippen LogP contribution in [0.2, 0.25) is 0 Å². The van der Waals surface area contributed by atoms with Crippen molar-refractivity contribution in [2.75, 3.05) is 18.0 Å². The Labute approximate surface area is 214 Å². The number of allylic oxidation sites excluding steroid dienone is 4. The van der Waals surface area contributed by atoms with E-state index in [1.54, 1.807) is 12.1 Å². The minimum absolute atomic E-state index is 0.0956. The standard InChI is InChI=1S/C31H36FN3O/c1-5-22(2)30(35-18-6-7-23(3)24(35)4)31(36)33-21-25-8-14-29(15-9-25)34-19-16-27(17-20-34)26-10-12-28(32)13-11-26/h6-15,18,27H,4-5,16-17,19-21H2,1-3H3,(H,33,36)/b30-22+. The Bertz CT molecular complexity index is 1180. The van der Waals surface area contributed by atoms with E-state index in [1.165, 1.54) is 11.3 Å². The van der Waals surface area contributed by atoms with Crippen molar-refractivity contribution in [1.82, 2.24) is 10.2 Å². The summed E-state index contributed by atoms with van der Waals surface area (Å²) in [5.74, 6) is 0.207. The van der Waals surface area contributed by atoms with Crippen molar-refractivity contribution in [2.45, 2.75) is 52.5 Å². The number of anilines is 1. The molecule has 1 N–H and O–H groups in total. The normalized spacial score (nSPS) is 17.1. The molecule has 2 aromatic carbocycles. The molecule has 1 saturated heterocycles. The summed E-state index contributed by atoms with van der Waals surface area (Å²) in [6.45, 7) is 12.6. The molecule has 2 heterocycles. The van der Waals surface area contributed by atoms with Crippen molar-refractivity contribution in [3.63, 3.8) is 0 Å². The SMILES string of the molecule is C=C1C(C)=CC=CN1/C(C(=O)NCc1ccc(N2CCC(c3ccc(F)cc3)CC2)cc1)=C(\C)CC. The van der Waals surface area contributed by atoms with Crippen molar-refractivity contribution in [2.24, 2.45) is 0 Å². The molecule has 0 atom stereocenters. The molecule has 4 rings (SSSR count). The lowest BCUT2D eigenvalue weighted by molar-refractivity contribution is -0.118. The van der Waals surface area contributed by atoms with Crippen LogP contribution >= 0.6 is 0 Å². The summed E-state index contributed by atoms with van der Waals surface area (Å²) in [6, 6.07) is 15.4. The van der Waals surface area contributed by atoms with Gasteiger partial charge in [-0.25, -0.2) is 4.39 Å². The number of halogens is 1. The highest BCUT2D eigenvalue weighted by Gasteiger charge is 2.23. The molecular formula is C31H36FN3O. The summed E-state index contributed by atoms with van der Waals surface area (Å²) >= 11 is 0. The second kappa shape index (κ2) is 11.4. The van der Waals surface area contributed by atoms with E-state index in [9.17, 15) is 9.18 Å². The Balaban J connectivity index is 1.34. The molecule has 5 heteroatoms. The van der Waals surface area contributed by atoms with Crippen LogP contribution in [0.5, 0.6) is 0 Å². The molecule has 2 aliphatic rings. The van der Waals surface area contributed by atoms with E-state index >= 15 is 0 Å². The van der Waals surface area contributed by atoms with Crippen LogP contribution < -0.4 is 10.2 Å². The maximum absolute atomic E-state index is 13.2. The van der Waals surface area contributed by atoms with Crippen LogP contribution in [0, 0.1) is 5.82 Å². The van der Waals surface area contributed by atoms with Crippen LogP contribution in [0.25, 0.3) is 0 Å². The largest absolute Gasteiger partial charge is 0.371 e. The first-order chi connectivity index (χ1) is 17.4. The van der Waals surface area contributed by atoms with Gasteiger partial charge in [-0.2, -0.15) is 0 Å². The lowest BCUT2D eigenvalue weighted by Gasteiger charge is -2.34. The Morgan fingerprint density at radius 2 is 1.75 bits per heavy atom. The molecule has 0 unspecified atom stereocenters. The number of rotatable bonds is 7. The van der Waals surface area contributed by atoms with Gasteiger partial charge < -0.3 is 15.1 Å². The molecule has 0 aliphatic carbocycles. The summed E-state index contributed by atoms with van der Waals surface area (Å²) in [5, 5.41) is 3.10.